The normalized spacial score (nSPS) is 10.4. The minimum absolute atomic E-state index is 0.276. The van der Waals surface area contributed by atoms with Crippen LogP contribution in [0.25, 0.3) is 0 Å². The van der Waals surface area contributed by atoms with Gasteiger partial charge < -0.3 is 10.1 Å². The molecule has 0 unspecified atom stereocenters. The van der Waals surface area contributed by atoms with Gasteiger partial charge in [0.2, 0.25) is 5.95 Å². The summed E-state index contributed by atoms with van der Waals surface area (Å²) in [5.74, 6) is -0.659. The maximum absolute atomic E-state index is 13.2. The lowest BCUT2D eigenvalue weighted by Gasteiger charge is -2.10. The summed E-state index contributed by atoms with van der Waals surface area (Å²) < 4.78 is 31.8. The number of pyridine rings is 1. The Labute approximate surface area is 143 Å². The van der Waals surface area contributed by atoms with Gasteiger partial charge in [-0.3, -0.25) is 4.79 Å². The van der Waals surface area contributed by atoms with E-state index < -0.39 is 17.7 Å². The molecule has 25 heavy (non-hydrogen) atoms. The van der Waals surface area contributed by atoms with Crippen molar-refractivity contribution in [3.05, 3.63) is 83.7 Å². The molecule has 1 heterocycles. The van der Waals surface area contributed by atoms with E-state index >= 15 is 0 Å². The van der Waals surface area contributed by atoms with Crippen LogP contribution in [0, 0.1) is 18.7 Å². The first-order valence-electron chi connectivity index (χ1n) is 7.49. The molecule has 4 nitrogen and oxygen atoms in total. The number of nitrogens with one attached hydrogen (secondary N) is 1. The Balaban J connectivity index is 1.76. The van der Waals surface area contributed by atoms with Crippen molar-refractivity contribution in [2.24, 2.45) is 0 Å². The highest BCUT2D eigenvalue weighted by Gasteiger charge is 2.11. The third kappa shape index (κ3) is 4.17. The molecule has 6 heteroatoms. The largest absolute Gasteiger partial charge is 0.457 e. The molecule has 0 atom stereocenters. The van der Waals surface area contributed by atoms with Crippen molar-refractivity contribution in [2.45, 2.75) is 6.92 Å². The summed E-state index contributed by atoms with van der Waals surface area (Å²) in [5.41, 5.74) is 1.06. The van der Waals surface area contributed by atoms with Crippen LogP contribution in [0.4, 0.5) is 14.5 Å². The third-order valence-electron chi connectivity index (χ3n) is 3.42. The van der Waals surface area contributed by atoms with Crippen LogP contribution < -0.4 is 10.1 Å². The fraction of sp³-hybridized carbons (Fsp3) is 0.0526. The number of rotatable bonds is 4. The van der Waals surface area contributed by atoms with Crippen LogP contribution in [-0.4, -0.2) is 10.9 Å². The predicted molar refractivity (Wildman–Crippen MR) is 89.8 cm³/mol. The Morgan fingerprint density at radius 1 is 1.00 bits per heavy atom. The molecule has 0 spiro atoms. The Morgan fingerprint density at radius 3 is 2.44 bits per heavy atom. The first-order chi connectivity index (χ1) is 12.0. The summed E-state index contributed by atoms with van der Waals surface area (Å²) in [7, 11) is 0. The Hall–Kier alpha value is -3.28. The summed E-state index contributed by atoms with van der Waals surface area (Å²) in [4.78, 5) is 15.9. The maximum Gasteiger partial charge on any atom is 0.257 e. The quantitative estimate of drug-likeness (QED) is 0.700. The molecule has 0 aliphatic rings. The third-order valence-corrected chi connectivity index (χ3v) is 3.42. The second-order valence-electron chi connectivity index (χ2n) is 5.31. The van der Waals surface area contributed by atoms with Crippen LogP contribution in [0.2, 0.25) is 0 Å². The monoisotopic (exact) mass is 340 g/mol. The second kappa shape index (κ2) is 7.09. The summed E-state index contributed by atoms with van der Waals surface area (Å²) in [5, 5.41) is 2.70. The second-order valence-corrected chi connectivity index (χ2v) is 5.31. The number of amides is 1. The van der Waals surface area contributed by atoms with Gasteiger partial charge in [0.1, 0.15) is 17.3 Å². The van der Waals surface area contributed by atoms with E-state index in [-0.39, 0.29) is 5.56 Å². The van der Waals surface area contributed by atoms with Gasteiger partial charge in [-0.15, -0.1) is 0 Å². The smallest absolute Gasteiger partial charge is 0.257 e. The molecule has 126 valence electrons. The van der Waals surface area contributed by atoms with E-state index in [9.17, 15) is 13.6 Å². The van der Waals surface area contributed by atoms with E-state index in [2.05, 4.69) is 10.3 Å². The molecule has 3 aromatic rings. The molecular formula is C19H14F2N2O2. The van der Waals surface area contributed by atoms with Gasteiger partial charge in [0.15, 0.2) is 0 Å². The zero-order chi connectivity index (χ0) is 17.8. The molecule has 1 aromatic heterocycles. The van der Waals surface area contributed by atoms with Gasteiger partial charge in [-0.25, -0.2) is 9.37 Å². The number of hydrogen-bond acceptors (Lipinski definition) is 3. The van der Waals surface area contributed by atoms with E-state index in [0.717, 1.165) is 6.07 Å². The SMILES string of the molecule is Cc1nc(F)ccc1C(=O)Nc1cccc(Oc2cccc(F)c2)c1. The summed E-state index contributed by atoms with van der Waals surface area (Å²) >= 11 is 0. The van der Waals surface area contributed by atoms with E-state index in [1.807, 2.05) is 0 Å². The highest BCUT2D eigenvalue weighted by molar-refractivity contribution is 6.05. The van der Waals surface area contributed by atoms with Gasteiger partial charge in [-0.1, -0.05) is 12.1 Å². The molecule has 0 aliphatic carbocycles. The molecule has 2 aromatic carbocycles. The van der Waals surface area contributed by atoms with Crippen molar-refractivity contribution in [2.75, 3.05) is 5.32 Å². The first kappa shape index (κ1) is 16.6. The average Bonchev–Trinajstić information content (AvgIpc) is 2.55. The van der Waals surface area contributed by atoms with Crippen LogP contribution in [0.1, 0.15) is 16.1 Å². The number of aryl methyl sites for hydroxylation is 1. The molecule has 3 rings (SSSR count). The Morgan fingerprint density at radius 2 is 1.72 bits per heavy atom. The van der Waals surface area contributed by atoms with Crippen LogP contribution >= 0.6 is 0 Å². The fourth-order valence-corrected chi connectivity index (χ4v) is 2.27. The van der Waals surface area contributed by atoms with Crippen molar-refractivity contribution in [1.82, 2.24) is 4.98 Å². The van der Waals surface area contributed by atoms with Crippen LogP contribution in [0.15, 0.2) is 60.7 Å². The molecule has 0 radical (unpaired) electrons. The number of ether oxygens (including phenoxy) is 1. The zero-order valence-corrected chi connectivity index (χ0v) is 13.3. The molecule has 0 bridgehead atoms. The van der Waals surface area contributed by atoms with E-state index in [1.165, 1.54) is 18.2 Å². The van der Waals surface area contributed by atoms with Gasteiger partial charge in [0.05, 0.1) is 11.3 Å². The standard InChI is InChI=1S/C19H14F2N2O2/c1-12-17(8-9-18(21)22-12)19(24)23-14-5-3-7-16(11-14)25-15-6-2-4-13(20)10-15/h2-11H,1H3,(H,23,24). The highest BCUT2D eigenvalue weighted by Crippen LogP contribution is 2.25. The molecule has 0 fully saturated rings. The number of carbonyl (C=O) groups excluding carboxylic acids is 1. The average molecular weight is 340 g/mol. The highest BCUT2D eigenvalue weighted by atomic mass is 19.1. The number of hydrogen-bond donors (Lipinski definition) is 1. The van der Waals surface area contributed by atoms with Gasteiger partial charge >= 0.3 is 0 Å². The van der Waals surface area contributed by atoms with Gasteiger partial charge in [0, 0.05) is 17.8 Å². The Kier molecular flexibility index (Phi) is 4.70. The van der Waals surface area contributed by atoms with Crippen molar-refractivity contribution in [3.63, 3.8) is 0 Å². The minimum atomic E-state index is -0.639. The number of halogens is 2. The fourth-order valence-electron chi connectivity index (χ4n) is 2.27. The number of aromatic nitrogens is 1. The topological polar surface area (TPSA) is 51.2 Å². The minimum Gasteiger partial charge on any atom is -0.457 e. The predicted octanol–water partition coefficient (Wildman–Crippen LogP) is 4.71. The van der Waals surface area contributed by atoms with Crippen molar-refractivity contribution in [3.8, 4) is 11.5 Å². The summed E-state index contributed by atoms with van der Waals surface area (Å²) in [6, 6.07) is 14.9. The molecule has 0 aliphatic heterocycles. The number of benzene rings is 2. The summed E-state index contributed by atoms with van der Waals surface area (Å²) in [6.45, 7) is 1.56. The van der Waals surface area contributed by atoms with Gasteiger partial charge in [-0.2, -0.15) is 4.39 Å². The lowest BCUT2D eigenvalue weighted by Crippen LogP contribution is -2.14. The first-order valence-corrected chi connectivity index (χ1v) is 7.49. The van der Waals surface area contributed by atoms with E-state index in [4.69, 9.17) is 4.74 Å². The number of carbonyl (C=O) groups is 1. The lowest BCUT2D eigenvalue weighted by atomic mass is 10.2. The van der Waals surface area contributed by atoms with Crippen molar-refractivity contribution in [1.29, 1.82) is 0 Å². The Bertz CT molecular complexity index is 929. The zero-order valence-electron chi connectivity index (χ0n) is 13.3. The number of anilines is 1. The number of nitrogens with zero attached hydrogens (tertiary/aromatic N) is 1. The lowest BCUT2D eigenvalue weighted by molar-refractivity contribution is 0.102. The summed E-state index contributed by atoms with van der Waals surface area (Å²) in [6.07, 6.45) is 0. The van der Waals surface area contributed by atoms with Crippen LogP contribution in [0.5, 0.6) is 11.5 Å². The van der Waals surface area contributed by atoms with Crippen molar-refractivity contribution >= 4 is 11.6 Å². The van der Waals surface area contributed by atoms with E-state index in [0.29, 0.717) is 22.9 Å². The van der Waals surface area contributed by atoms with Gasteiger partial charge in [-0.05, 0) is 43.3 Å². The van der Waals surface area contributed by atoms with Gasteiger partial charge in [0.25, 0.3) is 5.91 Å². The molecule has 1 amide bonds. The van der Waals surface area contributed by atoms with Crippen LogP contribution in [0.3, 0.4) is 0 Å². The molecular weight excluding hydrogens is 326 g/mol. The van der Waals surface area contributed by atoms with Crippen molar-refractivity contribution < 1.29 is 18.3 Å². The molecule has 0 saturated heterocycles. The molecule has 1 N–H and O–H groups in total. The maximum atomic E-state index is 13.2. The van der Waals surface area contributed by atoms with Crippen LogP contribution in [-0.2, 0) is 0 Å². The van der Waals surface area contributed by atoms with E-state index in [1.54, 1.807) is 43.3 Å². The molecule has 0 saturated carbocycles.